The number of carbonyl (C=O) groups is 1. The summed E-state index contributed by atoms with van der Waals surface area (Å²) in [6, 6.07) is 1.57. The van der Waals surface area contributed by atoms with Gasteiger partial charge >= 0.3 is 5.97 Å². The largest absolute Gasteiger partial charge is 0.478 e. The number of ether oxygens (including phenoxy) is 1. The van der Waals surface area contributed by atoms with E-state index < -0.39 is 5.97 Å². The number of carboxylic acid groups (broad SMARTS) is 1. The predicted octanol–water partition coefficient (Wildman–Crippen LogP) is 0.810. The Hall–Kier alpha value is -1.33. The molecule has 82 valence electrons. The number of carboxylic acids is 1. The van der Waals surface area contributed by atoms with Gasteiger partial charge < -0.3 is 14.3 Å². The molecule has 0 amide bonds. The minimum atomic E-state index is -0.952. The third-order valence-corrected chi connectivity index (χ3v) is 2.38. The van der Waals surface area contributed by atoms with Crippen molar-refractivity contribution >= 4 is 5.97 Å². The normalized spacial score (nSPS) is 17.9. The summed E-state index contributed by atoms with van der Waals surface area (Å²) in [4.78, 5) is 12.8. The first-order valence-electron chi connectivity index (χ1n) is 4.86. The molecule has 0 spiro atoms. The summed E-state index contributed by atoms with van der Waals surface area (Å²) in [7, 11) is 0. The van der Waals surface area contributed by atoms with Crippen LogP contribution in [0.3, 0.4) is 0 Å². The molecule has 0 aliphatic carbocycles. The third-order valence-electron chi connectivity index (χ3n) is 2.38. The lowest BCUT2D eigenvalue weighted by molar-refractivity contribution is 0.0313. The summed E-state index contributed by atoms with van der Waals surface area (Å²) in [5.74, 6) is -0.263. The summed E-state index contributed by atoms with van der Waals surface area (Å²) in [6.45, 7) is 3.84. The molecule has 1 aliphatic heterocycles. The topological polar surface area (TPSA) is 62.9 Å². The van der Waals surface area contributed by atoms with E-state index in [9.17, 15) is 4.79 Å². The van der Waals surface area contributed by atoms with Crippen LogP contribution in [-0.2, 0) is 11.3 Å². The van der Waals surface area contributed by atoms with Gasteiger partial charge in [-0.15, -0.1) is 0 Å². The lowest BCUT2D eigenvalue weighted by Crippen LogP contribution is -2.35. The average Bonchev–Trinajstić information content (AvgIpc) is 2.68. The Balaban J connectivity index is 1.94. The second kappa shape index (κ2) is 4.46. The molecule has 5 nitrogen and oxygen atoms in total. The van der Waals surface area contributed by atoms with Crippen LogP contribution in [0, 0.1) is 0 Å². The van der Waals surface area contributed by atoms with Crippen molar-refractivity contribution in [3.8, 4) is 0 Å². The molecule has 0 radical (unpaired) electrons. The van der Waals surface area contributed by atoms with E-state index in [0.29, 0.717) is 12.3 Å². The quantitative estimate of drug-likeness (QED) is 0.801. The molecule has 1 fully saturated rings. The van der Waals surface area contributed by atoms with E-state index in [0.717, 1.165) is 26.3 Å². The number of aromatic carboxylic acids is 1. The van der Waals surface area contributed by atoms with Crippen LogP contribution in [0.15, 0.2) is 16.7 Å². The van der Waals surface area contributed by atoms with Gasteiger partial charge in [0.05, 0.1) is 25.3 Å². The van der Waals surface area contributed by atoms with Gasteiger partial charge in [-0.25, -0.2) is 4.79 Å². The van der Waals surface area contributed by atoms with Gasteiger partial charge in [0.15, 0.2) is 0 Å². The molecule has 0 unspecified atom stereocenters. The summed E-state index contributed by atoms with van der Waals surface area (Å²) in [5, 5.41) is 8.71. The molecule has 2 rings (SSSR count). The lowest BCUT2D eigenvalue weighted by atomic mass is 10.3. The molecule has 0 bridgehead atoms. The van der Waals surface area contributed by atoms with Crippen molar-refractivity contribution in [1.82, 2.24) is 4.90 Å². The fourth-order valence-corrected chi connectivity index (χ4v) is 1.56. The summed E-state index contributed by atoms with van der Waals surface area (Å²) in [6.07, 6.45) is 1.28. The summed E-state index contributed by atoms with van der Waals surface area (Å²) >= 11 is 0. The molecule has 2 heterocycles. The van der Waals surface area contributed by atoms with E-state index in [1.54, 1.807) is 6.07 Å². The Labute approximate surface area is 87.2 Å². The molecule has 0 atom stereocenters. The average molecular weight is 211 g/mol. The van der Waals surface area contributed by atoms with Crippen molar-refractivity contribution in [1.29, 1.82) is 0 Å². The van der Waals surface area contributed by atoms with Gasteiger partial charge in [0, 0.05) is 13.1 Å². The molecule has 1 saturated heterocycles. The number of nitrogens with zero attached hydrogens (tertiary/aromatic N) is 1. The van der Waals surface area contributed by atoms with Crippen LogP contribution < -0.4 is 0 Å². The summed E-state index contributed by atoms with van der Waals surface area (Å²) in [5.41, 5.74) is 0.207. The standard InChI is InChI=1S/C10H13NO4/c12-10(13)8-5-9(15-7-8)6-11-1-3-14-4-2-11/h5,7H,1-4,6H2,(H,12,13). The van der Waals surface area contributed by atoms with Crippen molar-refractivity contribution in [2.24, 2.45) is 0 Å². The van der Waals surface area contributed by atoms with Crippen LogP contribution in [0.25, 0.3) is 0 Å². The van der Waals surface area contributed by atoms with Gasteiger partial charge in [-0.2, -0.15) is 0 Å². The lowest BCUT2D eigenvalue weighted by Gasteiger charge is -2.25. The van der Waals surface area contributed by atoms with Crippen molar-refractivity contribution in [3.05, 3.63) is 23.7 Å². The molecule has 1 N–H and O–H groups in total. The van der Waals surface area contributed by atoms with Gasteiger partial charge in [0.2, 0.25) is 0 Å². The Kier molecular flexibility index (Phi) is 3.03. The minimum absolute atomic E-state index is 0.207. The molecule has 1 aromatic rings. The summed E-state index contributed by atoms with van der Waals surface area (Å²) < 4.78 is 10.4. The van der Waals surface area contributed by atoms with Gasteiger partial charge in [0.25, 0.3) is 0 Å². The monoisotopic (exact) mass is 211 g/mol. The Morgan fingerprint density at radius 2 is 2.20 bits per heavy atom. The number of hydrogen-bond acceptors (Lipinski definition) is 4. The highest BCUT2D eigenvalue weighted by molar-refractivity contribution is 5.87. The first kappa shape index (κ1) is 10.2. The van der Waals surface area contributed by atoms with Gasteiger partial charge in [0.1, 0.15) is 12.0 Å². The number of rotatable bonds is 3. The Bertz CT molecular complexity index is 341. The maximum atomic E-state index is 10.6. The van der Waals surface area contributed by atoms with Crippen LogP contribution in [0.4, 0.5) is 0 Å². The number of hydrogen-bond donors (Lipinski definition) is 1. The van der Waals surface area contributed by atoms with E-state index in [1.807, 2.05) is 0 Å². The highest BCUT2D eigenvalue weighted by Crippen LogP contribution is 2.11. The second-order valence-corrected chi connectivity index (χ2v) is 3.50. The van der Waals surface area contributed by atoms with Crippen LogP contribution >= 0.6 is 0 Å². The molecule has 0 aromatic carbocycles. The predicted molar refractivity (Wildman–Crippen MR) is 51.8 cm³/mol. The molecule has 1 aliphatic rings. The Morgan fingerprint density at radius 3 is 2.80 bits per heavy atom. The van der Waals surface area contributed by atoms with Gasteiger partial charge in [-0.05, 0) is 6.07 Å². The van der Waals surface area contributed by atoms with Gasteiger partial charge in [-0.1, -0.05) is 0 Å². The van der Waals surface area contributed by atoms with E-state index >= 15 is 0 Å². The fourth-order valence-electron chi connectivity index (χ4n) is 1.56. The van der Waals surface area contributed by atoms with E-state index in [-0.39, 0.29) is 5.56 Å². The minimum Gasteiger partial charge on any atom is -0.478 e. The van der Waals surface area contributed by atoms with Gasteiger partial charge in [-0.3, -0.25) is 4.90 Å². The van der Waals surface area contributed by atoms with Crippen molar-refractivity contribution in [3.63, 3.8) is 0 Å². The molecular formula is C10H13NO4. The molecular weight excluding hydrogens is 198 g/mol. The number of morpholine rings is 1. The maximum Gasteiger partial charge on any atom is 0.338 e. The zero-order valence-corrected chi connectivity index (χ0v) is 8.31. The van der Waals surface area contributed by atoms with Crippen LogP contribution in [0.5, 0.6) is 0 Å². The van der Waals surface area contributed by atoms with Crippen LogP contribution in [-0.4, -0.2) is 42.3 Å². The molecule has 15 heavy (non-hydrogen) atoms. The second-order valence-electron chi connectivity index (χ2n) is 3.50. The van der Waals surface area contributed by atoms with Crippen molar-refractivity contribution < 1.29 is 19.1 Å². The van der Waals surface area contributed by atoms with E-state index in [1.165, 1.54) is 6.26 Å². The van der Waals surface area contributed by atoms with Crippen molar-refractivity contribution in [2.45, 2.75) is 6.54 Å². The maximum absolute atomic E-state index is 10.6. The zero-order chi connectivity index (χ0) is 10.7. The van der Waals surface area contributed by atoms with Crippen LogP contribution in [0.2, 0.25) is 0 Å². The van der Waals surface area contributed by atoms with E-state index in [2.05, 4.69) is 4.90 Å². The SMILES string of the molecule is O=C(O)c1coc(CN2CCOCC2)c1. The zero-order valence-electron chi connectivity index (χ0n) is 8.31. The Morgan fingerprint density at radius 1 is 1.47 bits per heavy atom. The van der Waals surface area contributed by atoms with E-state index in [4.69, 9.17) is 14.3 Å². The third kappa shape index (κ3) is 2.57. The molecule has 0 saturated carbocycles. The van der Waals surface area contributed by atoms with Crippen molar-refractivity contribution in [2.75, 3.05) is 26.3 Å². The smallest absolute Gasteiger partial charge is 0.338 e. The molecule has 1 aromatic heterocycles. The highest BCUT2D eigenvalue weighted by Gasteiger charge is 2.14. The highest BCUT2D eigenvalue weighted by atomic mass is 16.5. The first-order chi connectivity index (χ1) is 7.25. The first-order valence-corrected chi connectivity index (χ1v) is 4.86. The molecule has 5 heteroatoms. The number of furan rings is 1. The van der Waals surface area contributed by atoms with Crippen LogP contribution in [0.1, 0.15) is 16.1 Å². The fraction of sp³-hybridized carbons (Fsp3) is 0.500.